The SMILES string of the molecule is COc1ccc(OCC(=O)Nc2cc(C)c(O)c(-c3nc4ccccc4o3)c2)cc1. The summed E-state index contributed by atoms with van der Waals surface area (Å²) in [6, 6.07) is 17.6. The minimum absolute atomic E-state index is 0.0500. The maximum absolute atomic E-state index is 12.3. The molecular weight excluding hydrogens is 384 g/mol. The fourth-order valence-electron chi connectivity index (χ4n) is 3.02. The lowest BCUT2D eigenvalue weighted by Gasteiger charge is -2.11. The minimum Gasteiger partial charge on any atom is -0.507 e. The van der Waals surface area contributed by atoms with Gasteiger partial charge in [0.15, 0.2) is 12.2 Å². The summed E-state index contributed by atoms with van der Waals surface area (Å²) in [5.74, 6) is 1.26. The number of aromatic hydroxyl groups is 1. The predicted octanol–water partition coefficient (Wildman–Crippen LogP) is 4.53. The number of hydrogen-bond donors (Lipinski definition) is 2. The number of nitrogens with zero attached hydrogens (tertiary/aromatic N) is 1. The van der Waals surface area contributed by atoms with Gasteiger partial charge < -0.3 is 24.3 Å². The van der Waals surface area contributed by atoms with Crippen molar-refractivity contribution in [1.29, 1.82) is 0 Å². The second-order valence-corrected chi connectivity index (χ2v) is 6.69. The highest BCUT2D eigenvalue weighted by molar-refractivity contribution is 5.93. The van der Waals surface area contributed by atoms with E-state index in [9.17, 15) is 9.90 Å². The van der Waals surface area contributed by atoms with Gasteiger partial charge in [0.25, 0.3) is 5.91 Å². The number of anilines is 1. The maximum atomic E-state index is 12.3. The van der Waals surface area contributed by atoms with E-state index in [4.69, 9.17) is 13.9 Å². The molecule has 152 valence electrons. The molecule has 0 unspecified atom stereocenters. The van der Waals surface area contributed by atoms with Crippen LogP contribution in [-0.2, 0) is 4.79 Å². The molecule has 1 amide bonds. The summed E-state index contributed by atoms with van der Waals surface area (Å²) in [7, 11) is 1.58. The highest BCUT2D eigenvalue weighted by atomic mass is 16.5. The second-order valence-electron chi connectivity index (χ2n) is 6.69. The van der Waals surface area contributed by atoms with Crippen LogP contribution in [0, 0.1) is 6.92 Å². The van der Waals surface area contributed by atoms with Crippen LogP contribution in [0.4, 0.5) is 5.69 Å². The van der Waals surface area contributed by atoms with Crippen LogP contribution >= 0.6 is 0 Å². The summed E-state index contributed by atoms with van der Waals surface area (Å²) in [6.07, 6.45) is 0. The van der Waals surface area contributed by atoms with Gasteiger partial charge in [-0.05, 0) is 61.0 Å². The summed E-state index contributed by atoms with van der Waals surface area (Å²) in [6.45, 7) is 1.58. The third-order valence-corrected chi connectivity index (χ3v) is 4.54. The Hall–Kier alpha value is -4.00. The molecule has 3 aromatic carbocycles. The first-order valence-electron chi connectivity index (χ1n) is 9.30. The third kappa shape index (κ3) is 4.05. The van der Waals surface area contributed by atoms with Crippen molar-refractivity contribution in [3.8, 4) is 28.7 Å². The fraction of sp³-hybridized carbons (Fsp3) is 0.130. The van der Waals surface area contributed by atoms with Gasteiger partial charge in [-0.15, -0.1) is 0 Å². The molecule has 0 saturated heterocycles. The van der Waals surface area contributed by atoms with Crippen molar-refractivity contribution < 1.29 is 23.8 Å². The zero-order valence-corrected chi connectivity index (χ0v) is 16.5. The van der Waals surface area contributed by atoms with E-state index in [1.165, 1.54) is 0 Å². The number of rotatable bonds is 6. The van der Waals surface area contributed by atoms with E-state index in [2.05, 4.69) is 10.3 Å². The Morgan fingerprint density at radius 3 is 2.57 bits per heavy atom. The molecule has 0 aliphatic rings. The number of hydrogen-bond acceptors (Lipinski definition) is 6. The first-order chi connectivity index (χ1) is 14.5. The highest BCUT2D eigenvalue weighted by Gasteiger charge is 2.16. The van der Waals surface area contributed by atoms with Gasteiger partial charge in [0, 0.05) is 5.69 Å². The maximum Gasteiger partial charge on any atom is 0.262 e. The van der Waals surface area contributed by atoms with Crippen molar-refractivity contribution in [2.24, 2.45) is 0 Å². The Kier molecular flexibility index (Phi) is 5.26. The zero-order valence-electron chi connectivity index (χ0n) is 16.5. The number of fused-ring (bicyclic) bond motifs is 1. The number of aromatic nitrogens is 1. The molecule has 0 saturated carbocycles. The number of benzene rings is 3. The van der Waals surface area contributed by atoms with E-state index in [1.54, 1.807) is 56.5 Å². The van der Waals surface area contributed by atoms with Crippen LogP contribution in [0.5, 0.6) is 17.2 Å². The molecule has 0 atom stereocenters. The summed E-state index contributed by atoms with van der Waals surface area (Å²) in [5.41, 5.74) is 2.79. The number of carbonyl (C=O) groups excluding carboxylic acids is 1. The Morgan fingerprint density at radius 2 is 1.83 bits per heavy atom. The van der Waals surface area contributed by atoms with Crippen LogP contribution in [0.3, 0.4) is 0 Å². The molecule has 0 aliphatic carbocycles. The number of nitrogens with one attached hydrogen (secondary N) is 1. The Morgan fingerprint density at radius 1 is 1.10 bits per heavy atom. The number of methoxy groups -OCH3 is 1. The fourth-order valence-corrected chi connectivity index (χ4v) is 3.02. The molecule has 7 nitrogen and oxygen atoms in total. The number of para-hydroxylation sites is 2. The summed E-state index contributed by atoms with van der Waals surface area (Å²) < 4.78 is 16.3. The van der Waals surface area contributed by atoms with Gasteiger partial charge in [-0.3, -0.25) is 4.79 Å². The van der Waals surface area contributed by atoms with Gasteiger partial charge in [-0.2, -0.15) is 0 Å². The third-order valence-electron chi connectivity index (χ3n) is 4.54. The molecule has 0 bridgehead atoms. The number of amides is 1. The average molecular weight is 404 g/mol. The van der Waals surface area contributed by atoms with Crippen molar-refractivity contribution in [2.75, 3.05) is 19.0 Å². The molecule has 7 heteroatoms. The van der Waals surface area contributed by atoms with E-state index in [-0.39, 0.29) is 24.2 Å². The van der Waals surface area contributed by atoms with Crippen LogP contribution < -0.4 is 14.8 Å². The van der Waals surface area contributed by atoms with Gasteiger partial charge in [0.05, 0.1) is 12.7 Å². The number of oxazole rings is 1. The molecule has 0 spiro atoms. The number of carbonyl (C=O) groups is 1. The average Bonchev–Trinajstić information content (AvgIpc) is 3.19. The number of phenols is 1. The standard InChI is InChI=1S/C23H20N2O5/c1-14-11-15(24-21(26)13-29-17-9-7-16(28-2)8-10-17)12-18(22(14)27)23-25-19-5-3-4-6-20(19)30-23/h3-12,27H,13H2,1-2H3,(H,24,26). The molecule has 1 aromatic heterocycles. The largest absolute Gasteiger partial charge is 0.507 e. The molecule has 30 heavy (non-hydrogen) atoms. The van der Waals surface area contributed by atoms with E-state index in [0.29, 0.717) is 39.4 Å². The van der Waals surface area contributed by atoms with Gasteiger partial charge in [0.1, 0.15) is 22.8 Å². The topological polar surface area (TPSA) is 93.8 Å². The van der Waals surface area contributed by atoms with Crippen LogP contribution in [-0.4, -0.2) is 29.7 Å². The van der Waals surface area contributed by atoms with Gasteiger partial charge in [-0.1, -0.05) is 12.1 Å². The number of phenolic OH excluding ortho intramolecular Hbond substituents is 1. The van der Waals surface area contributed by atoms with E-state index in [1.807, 2.05) is 18.2 Å². The molecule has 4 aromatic rings. The lowest BCUT2D eigenvalue weighted by molar-refractivity contribution is -0.118. The molecule has 1 heterocycles. The van der Waals surface area contributed by atoms with E-state index < -0.39 is 0 Å². The normalized spacial score (nSPS) is 10.7. The van der Waals surface area contributed by atoms with Crippen molar-refractivity contribution in [1.82, 2.24) is 4.98 Å². The molecule has 0 radical (unpaired) electrons. The van der Waals surface area contributed by atoms with Gasteiger partial charge in [-0.25, -0.2) is 4.98 Å². The summed E-state index contributed by atoms with van der Waals surface area (Å²) in [4.78, 5) is 16.8. The Bertz CT molecular complexity index is 1170. The second kappa shape index (κ2) is 8.16. The highest BCUT2D eigenvalue weighted by Crippen LogP contribution is 2.36. The molecule has 0 aliphatic heterocycles. The minimum atomic E-state index is -0.334. The van der Waals surface area contributed by atoms with Crippen molar-refractivity contribution in [3.05, 3.63) is 66.2 Å². The molecule has 0 fully saturated rings. The number of aryl methyl sites for hydroxylation is 1. The number of ether oxygens (including phenoxy) is 2. The van der Waals surface area contributed by atoms with Crippen molar-refractivity contribution >= 4 is 22.7 Å². The van der Waals surface area contributed by atoms with E-state index in [0.717, 1.165) is 0 Å². The smallest absolute Gasteiger partial charge is 0.262 e. The van der Waals surface area contributed by atoms with Crippen LogP contribution in [0.1, 0.15) is 5.56 Å². The zero-order chi connectivity index (χ0) is 21.1. The van der Waals surface area contributed by atoms with Crippen molar-refractivity contribution in [3.63, 3.8) is 0 Å². The Labute approximate surface area is 172 Å². The van der Waals surface area contributed by atoms with Crippen LogP contribution in [0.25, 0.3) is 22.6 Å². The quantitative estimate of drug-likeness (QED) is 0.459. The van der Waals surface area contributed by atoms with Gasteiger partial charge in [0.2, 0.25) is 5.89 Å². The first-order valence-corrected chi connectivity index (χ1v) is 9.30. The molecule has 2 N–H and O–H groups in total. The monoisotopic (exact) mass is 404 g/mol. The van der Waals surface area contributed by atoms with Crippen LogP contribution in [0.2, 0.25) is 0 Å². The summed E-state index contributed by atoms with van der Waals surface area (Å²) in [5, 5.41) is 13.3. The lowest BCUT2D eigenvalue weighted by atomic mass is 10.1. The summed E-state index contributed by atoms with van der Waals surface area (Å²) >= 11 is 0. The predicted molar refractivity (Wildman–Crippen MR) is 113 cm³/mol. The molecule has 4 rings (SSSR count). The van der Waals surface area contributed by atoms with Crippen LogP contribution in [0.15, 0.2) is 65.1 Å². The van der Waals surface area contributed by atoms with E-state index >= 15 is 0 Å². The lowest BCUT2D eigenvalue weighted by Crippen LogP contribution is -2.20. The Balaban J connectivity index is 1.50. The van der Waals surface area contributed by atoms with Gasteiger partial charge >= 0.3 is 0 Å². The molecular formula is C23H20N2O5. The van der Waals surface area contributed by atoms with Crippen molar-refractivity contribution in [2.45, 2.75) is 6.92 Å². The first kappa shape index (κ1) is 19.3.